The maximum Gasteiger partial charge on any atom is 0.343 e. The SMILES string of the molecule is CCOC(=O)c1c(C(C)C)nsc1N. The topological polar surface area (TPSA) is 65.2 Å². The first kappa shape index (κ1) is 11.0. The standard InChI is InChI=1S/C9H14N2O2S/c1-4-13-9(12)6-7(5(2)3)11-14-8(6)10/h5H,4,10H2,1-3H3. The summed E-state index contributed by atoms with van der Waals surface area (Å²) in [5.41, 5.74) is 6.83. The van der Waals surface area contributed by atoms with Gasteiger partial charge in [0, 0.05) is 0 Å². The summed E-state index contributed by atoms with van der Waals surface area (Å²) >= 11 is 1.14. The van der Waals surface area contributed by atoms with Crippen LogP contribution in [0.3, 0.4) is 0 Å². The monoisotopic (exact) mass is 214 g/mol. The van der Waals surface area contributed by atoms with Crippen molar-refractivity contribution in [2.24, 2.45) is 0 Å². The number of carbonyl (C=O) groups is 1. The number of ether oxygens (including phenoxy) is 1. The van der Waals surface area contributed by atoms with E-state index in [1.165, 1.54) is 0 Å². The fourth-order valence-electron chi connectivity index (χ4n) is 1.12. The molecule has 14 heavy (non-hydrogen) atoms. The maximum atomic E-state index is 11.5. The fraction of sp³-hybridized carbons (Fsp3) is 0.556. The van der Waals surface area contributed by atoms with E-state index in [0.29, 0.717) is 17.2 Å². The average molecular weight is 214 g/mol. The van der Waals surface area contributed by atoms with Gasteiger partial charge < -0.3 is 10.5 Å². The molecule has 0 saturated heterocycles. The van der Waals surface area contributed by atoms with Gasteiger partial charge in [-0.05, 0) is 24.4 Å². The Balaban J connectivity index is 3.04. The van der Waals surface area contributed by atoms with Gasteiger partial charge in [0.2, 0.25) is 0 Å². The number of nitrogens with zero attached hydrogens (tertiary/aromatic N) is 1. The van der Waals surface area contributed by atoms with Crippen LogP contribution in [-0.2, 0) is 4.74 Å². The molecule has 1 rings (SSSR count). The summed E-state index contributed by atoms with van der Waals surface area (Å²) < 4.78 is 9.04. The van der Waals surface area contributed by atoms with Crippen LogP contribution in [0.25, 0.3) is 0 Å². The summed E-state index contributed by atoms with van der Waals surface area (Å²) in [7, 11) is 0. The minimum atomic E-state index is -0.373. The normalized spacial score (nSPS) is 10.6. The highest BCUT2D eigenvalue weighted by atomic mass is 32.1. The minimum absolute atomic E-state index is 0.183. The quantitative estimate of drug-likeness (QED) is 0.782. The lowest BCUT2D eigenvalue weighted by Gasteiger charge is -2.05. The lowest BCUT2D eigenvalue weighted by atomic mass is 10.1. The summed E-state index contributed by atoms with van der Waals surface area (Å²) in [4.78, 5) is 11.5. The number of rotatable bonds is 3. The molecule has 5 heteroatoms. The largest absolute Gasteiger partial charge is 0.462 e. The van der Waals surface area contributed by atoms with Crippen LogP contribution in [0.2, 0.25) is 0 Å². The van der Waals surface area contributed by atoms with E-state index in [1.807, 2.05) is 13.8 Å². The molecule has 2 N–H and O–H groups in total. The van der Waals surface area contributed by atoms with Crippen molar-refractivity contribution in [3.63, 3.8) is 0 Å². The number of hydrogen-bond acceptors (Lipinski definition) is 5. The third kappa shape index (κ3) is 2.04. The number of carbonyl (C=O) groups excluding carboxylic acids is 1. The Kier molecular flexibility index (Phi) is 3.46. The van der Waals surface area contributed by atoms with Crippen molar-refractivity contribution in [1.29, 1.82) is 0 Å². The molecule has 78 valence electrons. The van der Waals surface area contributed by atoms with Crippen molar-refractivity contribution in [1.82, 2.24) is 4.37 Å². The molecule has 0 aliphatic heterocycles. The third-order valence-corrected chi connectivity index (χ3v) is 2.46. The van der Waals surface area contributed by atoms with Crippen LogP contribution in [0.15, 0.2) is 0 Å². The summed E-state index contributed by atoms with van der Waals surface area (Å²) in [5, 5.41) is 0.437. The van der Waals surface area contributed by atoms with Gasteiger partial charge in [-0.25, -0.2) is 4.79 Å². The number of hydrogen-bond donors (Lipinski definition) is 1. The Morgan fingerprint density at radius 3 is 2.79 bits per heavy atom. The van der Waals surface area contributed by atoms with Crippen molar-refractivity contribution < 1.29 is 9.53 Å². The first-order valence-electron chi connectivity index (χ1n) is 4.50. The molecule has 1 aromatic rings. The predicted molar refractivity (Wildman–Crippen MR) is 56.6 cm³/mol. The third-order valence-electron chi connectivity index (χ3n) is 1.77. The van der Waals surface area contributed by atoms with Crippen LogP contribution in [0.5, 0.6) is 0 Å². The molecule has 0 unspecified atom stereocenters. The molecule has 0 amide bonds. The molecule has 0 aliphatic carbocycles. The number of esters is 1. The zero-order chi connectivity index (χ0) is 10.7. The summed E-state index contributed by atoms with van der Waals surface area (Å²) in [6.45, 7) is 6.06. The molecule has 1 aromatic heterocycles. The van der Waals surface area contributed by atoms with E-state index in [9.17, 15) is 4.79 Å². The molecule has 0 atom stereocenters. The highest BCUT2D eigenvalue weighted by Gasteiger charge is 2.21. The van der Waals surface area contributed by atoms with Gasteiger partial charge in [0.1, 0.15) is 10.6 Å². The molecule has 0 saturated carbocycles. The minimum Gasteiger partial charge on any atom is -0.462 e. The Bertz CT molecular complexity index is 334. The van der Waals surface area contributed by atoms with Crippen LogP contribution in [0.4, 0.5) is 5.00 Å². The number of nitrogens with two attached hydrogens (primary N) is 1. The van der Waals surface area contributed by atoms with E-state index in [-0.39, 0.29) is 11.9 Å². The molecule has 0 bridgehead atoms. The van der Waals surface area contributed by atoms with Gasteiger partial charge in [0.05, 0.1) is 12.3 Å². The van der Waals surface area contributed by atoms with E-state index < -0.39 is 0 Å². The molecule has 0 spiro atoms. The molecule has 4 nitrogen and oxygen atoms in total. The molecular formula is C9H14N2O2S. The molecule has 0 aromatic carbocycles. The second-order valence-electron chi connectivity index (χ2n) is 3.18. The van der Waals surface area contributed by atoms with E-state index in [0.717, 1.165) is 17.2 Å². The summed E-state index contributed by atoms with van der Waals surface area (Å²) in [6, 6.07) is 0. The lowest BCUT2D eigenvalue weighted by Crippen LogP contribution is -2.09. The van der Waals surface area contributed by atoms with Crippen molar-refractivity contribution in [3.8, 4) is 0 Å². The van der Waals surface area contributed by atoms with Gasteiger partial charge in [-0.2, -0.15) is 4.37 Å². The van der Waals surface area contributed by atoms with Crippen LogP contribution >= 0.6 is 11.5 Å². The zero-order valence-corrected chi connectivity index (χ0v) is 9.35. The van der Waals surface area contributed by atoms with Crippen molar-refractivity contribution in [3.05, 3.63) is 11.3 Å². The zero-order valence-electron chi connectivity index (χ0n) is 8.53. The van der Waals surface area contributed by atoms with E-state index >= 15 is 0 Å². The van der Waals surface area contributed by atoms with Crippen molar-refractivity contribution in [2.45, 2.75) is 26.7 Å². The van der Waals surface area contributed by atoms with Gasteiger partial charge in [0.15, 0.2) is 0 Å². The Hall–Kier alpha value is -1.10. The number of nitrogen functional groups attached to an aromatic ring is 1. The maximum absolute atomic E-state index is 11.5. The Labute approximate surface area is 87.2 Å². The van der Waals surface area contributed by atoms with Crippen LogP contribution in [0, 0.1) is 0 Å². The second-order valence-corrected chi connectivity index (χ2v) is 3.99. The smallest absolute Gasteiger partial charge is 0.343 e. The van der Waals surface area contributed by atoms with Gasteiger partial charge in [0.25, 0.3) is 0 Å². The van der Waals surface area contributed by atoms with Gasteiger partial charge in [-0.1, -0.05) is 13.8 Å². The molecule has 0 radical (unpaired) electrons. The van der Waals surface area contributed by atoms with E-state index in [1.54, 1.807) is 6.92 Å². The molecule has 0 aliphatic rings. The molecule has 1 heterocycles. The predicted octanol–water partition coefficient (Wildman–Crippen LogP) is 2.03. The highest BCUT2D eigenvalue weighted by molar-refractivity contribution is 7.10. The van der Waals surface area contributed by atoms with Gasteiger partial charge in [-0.15, -0.1) is 0 Å². The Morgan fingerprint density at radius 1 is 1.64 bits per heavy atom. The van der Waals surface area contributed by atoms with Crippen molar-refractivity contribution in [2.75, 3.05) is 12.3 Å². The van der Waals surface area contributed by atoms with Gasteiger partial charge >= 0.3 is 5.97 Å². The van der Waals surface area contributed by atoms with Crippen LogP contribution < -0.4 is 5.73 Å². The molecule has 0 fully saturated rings. The average Bonchev–Trinajstić information content (AvgIpc) is 2.47. The van der Waals surface area contributed by atoms with Crippen LogP contribution in [-0.4, -0.2) is 16.9 Å². The van der Waals surface area contributed by atoms with Gasteiger partial charge in [-0.3, -0.25) is 0 Å². The van der Waals surface area contributed by atoms with E-state index in [4.69, 9.17) is 10.5 Å². The fourth-order valence-corrected chi connectivity index (χ4v) is 1.90. The Morgan fingerprint density at radius 2 is 2.29 bits per heavy atom. The number of aromatic nitrogens is 1. The summed E-state index contributed by atoms with van der Waals surface area (Å²) in [5.74, 6) is -0.189. The highest BCUT2D eigenvalue weighted by Crippen LogP contribution is 2.27. The summed E-state index contributed by atoms with van der Waals surface area (Å²) in [6.07, 6.45) is 0. The lowest BCUT2D eigenvalue weighted by molar-refractivity contribution is 0.0526. The first-order valence-corrected chi connectivity index (χ1v) is 5.27. The first-order chi connectivity index (χ1) is 6.57. The second kappa shape index (κ2) is 4.41. The van der Waals surface area contributed by atoms with E-state index in [2.05, 4.69) is 4.37 Å². The molecular weight excluding hydrogens is 200 g/mol. The number of anilines is 1. The van der Waals surface area contributed by atoms with Crippen molar-refractivity contribution >= 4 is 22.5 Å². The van der Waals surface area contributed by atoms with Crippen LogP contribution in [0.1, 0.15) is 42.7 Å².